The molecular formula is C21H28O5. The quantitative estimate of drug-likeness (QED) is 0.243. The zero-order valence-electron chi connectivity index (χ0n) is 15.5. The van der Waals surface area contributed by atoms with Crippen LogP contribution in [0.4, 0.5) is 0 Å². The van der Waals surface area contributed by atoms with E-state index >= 15 is 0 Å². The lowest BCUT2D eigenvalue weighted by Gasteiger charge is -2.18. The third kappa shape index (κ3) is 4.73. The molecule has 26 heavy (non-hydrogen) atoms. The van der Waals surface area contributed by atoms with Crippen LogP contribution in [-0.2, 0) is 23.8 Å². The van der Waals surface area contributed by atoms with Crippen molar-refractivity contribution in [2.45, 2.75) is 56.8 Å². The van der Waals surface area contributed by atoms with E-state index in [1.807, 2.05) is 13.0 Å². The van der Waals surface area contributed by atoms with Crippen molar-refractivity contribution in [2.24, 2.45) is 5.92 Å². The summed E-state index contributed by atoms with van der Waals surface area (Å²) in [5, 5.41) is 0. The highest BCUT2D eigenvalue weighted by atomic mass is 16.6. The fourth-order valence-corrected chi connectivity index (χ4v) is 3.27. The van der Waals surface area contributed by atoms with Crippen LogP contribution in [0, 0.1) is 5.92 Å². The van der Waals surface area contributed by atoms with Crippen LogP contribution in [0.15, 0.2) is 49.6 Å². The number of rotatable bonds is 11. The Balaban J connectivity index is 1.84. The molecule has 0 unspecified atom stereocenters. The van der Waals surface area contributed by atoms with Gasteiger partial charge >= 0.3 is 11.9 Å². The van der Waals surface area contributed by atoms with Crippen LogP contribution in [-0.4, -0.2) is 36.4 Å². The average Bonchev–Trinajstić information content (AvgIpc) is 3.18. The van der Waals surface area contributed by atoms with Crippen LogP contribution < -0.4 is 0 Å². The van der Waals surface area contributed by atoms with Gasteiger partial charge in [0, 0.05) is 17.9 Å². The number of epoxide rings is 1. The monoisotopic (exact) mass is 360 g/mol. The lowest BCUT2D eigenvalue weighted by atomic mass is 9.86. The Morgan fingerprint density at radius 2 is 2.04 bits per heavy atom. The van der Waals surface area contributed by atoms with Gasteiger partial charge in [-0.05, 0) is 38.2 Å². The van der Waals surface area contributed by atoms with Gasteiger partial charge < -0.3 is 14.2 Å². The lowest BCUT2D eigenvalue weighted by Crippen LogP contribution is -2.28. The van der Waals surface area contributed by atoms with Gasteiger partial charge in [0.1, 0.15) is 18.8 Å². The van der Waals surface area contributed by atoms with E-state index in [2.05, 4.69) is 26.3 Å². The highest BCUT2D eigenvalue weighted by Gasteiger charge is 2.61. The van der Waals surface area contributed by atoms with E-state index in [-0.39, 0.29) is 42.3 Å². The second-order valence-electron chi connectivity index (χ2n) is 7.12. The molecule has 5 heteroatoms. The summed E-state index contributed by atoms with van der Waals surface area (Å²) in [5.41, 5.74) is 0.948. The van der Waals surface area contributed by atoms with Crippen molar-refractivity contribution in [3.63, 3.8) is 0 Å². The molecule has 2 heterocycles. The van der Waals surface area contributed by atoms with Crippen molar-refractivity contribution in [3.05, 3.63) is 49.6 Å². The van der Waals surface area contributed by atoms with Gasteiger partial charge in [-0.25, -0.2) is 4.79 Å². The second kappa shape index (κ2) is 8.49. The fraction of sp³-hybridized carbons (Fsp3) is 0.524. The van der Waals surface area contributed by atoms with Crippen molar-refractivity contribution >= 4 is 11.9 Å². The number of carbonyl (C=O) groups is 2. The molecule has 2 aliphatic heterocycles. The lowest BCUT2D eigenvalue weighted by molar-refractivity contribution is -0.143. The fourth-order valence-electron chi connectivity index (χ4n) is 3.27. The first-order chi connectivity index (χ1) is 12.3. The van der Waals surface area contributed by atoms with E-state index in [4.69, 9.17) is 14.2 Å². The summed E-state index contributed by atoms with van der Waals surface area (Å²) in [5.74, 6) is -0.746. The molecule has 2 rings (SSSR count). The van der Waals surface area contributed by atoms with Crippen molar-refractivity contribution in [1.29, 1.82) is 0 Å². The summed E-state index contributed by atoms with van der Waals surface area (Å²) in [6.45, 7) is 17.3. The van der Waals surface area contributed by atoms with Gasteiger partial charge in [-0.1, -0.05) is 25.3 Å². The van der Waals surface area contributed by atoms with Gasteiger partial charge in [0.15, 0.2) is 0 Å². The van der Waals surface area contributed by atoms with E-state index < -0.39 is 0 Å². The Morgan fingerprint density at radius 1 is 1.31 bits per heavy atom. The van der Waals surface area contributed by atoms with Crippen LogP contribution in [0.3, 0.4) is 0 Å². The van der Waals surface area contributed by atoms with Crippen LogP contribution in [0.2, 0.25) is 0 Å². The topological polar surface area (TPSA) is 65.1 Å². The minimum absolute atomic E-state index is 0.118. The van der Waals surface area contributed by atoms with E-state index in [0.29, 0.717) is 37.7 Å². The van der Waals surface area contributed by atoms with Crippen LogP contribution >= 0.6 is 0 Å². The summed E-state index contributed by atoms with van der Waals surface area (Å²) >= 11 is 0. The molecule has 5 nitrogen and oxygen atoms in total. The number of hydrogen-bond acceptors (Lipinski definition) is 5. The van der Waals surface area contributed by atoms with Gasteiger partial charge in [-0.3, -0.25) is 4.79 Å². The maximum Gasteiger partial charge on any atom is 0.334 e. The maximum absolute atomic E-state index is 12.0. The molecule has 0 amide bonds. The molecular weight excluding hydrogens is 332 g/mol. The Kier molecular flexibility index (Phi) is 6.59. The molecule has 0 aromatic rings. The van der Waals surface area contributed by atoms with E-state index in [1.165, 1.54) is 0 Å². The highest BCUT2D eigenvalue weighted by molar-refractivity contribution is 5.91. The molecule has 0 bridgehead atoms. The Morgan fingerprint density at radius 3 is 2.69 bits per heavy atom. The second-order valence-corrected chi connectivity index (χ2v) is 7.12. The predicted molar refractivity (Wildman–Crippen MR) is 99.4 cm³/mol. The zero-order valence-corrected chi connectivity index (χ0v) is 15.5. The molecule has 0 aliphatic carbocycles. The van der Waals surface area contributed by atoms with Crippen LogP contribution in [0.5, 0.6) is 0 Å². The summed E-state index contributed by atoms with van der Waals surface area (Å²) < 4.78 is 16.5. The number of ether oxygens (including phenoxy) is 3. The number of hydrogen-bond donors (Lipinski definition) is 0. The average molecular weight is 360 g/mol. The Labute approximate surface area is 155 Å². The molecule has 2 fully saturated rings. The molecule has 0 saturated carbocycles. The smallest absolute Gasteiger partial charge is 0.334 e. The summed E-state index contributed by atoms with van der Waals surface area (Å²) in [6, 6.07) is 0. The molecule has 2 saturated heterocycles. The van der Waals surface area contributed by atoms with E-state index in [9.17, 15) is 9.59 Å². The van der Waals surface area contributed by atoms with Crippen LogP contribution in [0.1, 0.15) is 39.0 Å². The van der Waals surface area contributed by atoms with Crippen molar-refractivity contribution in [2.75, 3.05) is 6.61 Å². The number of cyclic esters (lactones) is 1. The molecule has 0 aromatic heterocycles. The van der Waals surface area contributed by atoms with Gasteiger partial charge in [-0.15, -0.1) is 13.2 Å². The first-order valence-corrected chi connectivity index (χ1v) is 8.94. The molecule has 0 radical (unpaired) electrons. The SMILES string of the molecule is C=CCCC(=O)OCC(=C)CC[C@H]1C(=C)C(=O)O[C@@H]1[C@H]1O[C@]1(C)CC=C. The number of esters is 2. The van der Waals surface area contributed by atoms with E-state index in [0.717, 1.165) is 5.57 Å². The van der Waals surface area contributed by atoms with Crippen molar-refractivity contribution in [3.8, 4) is 0 Å². The summed E-state index contributed by atoms with van der Waals surface area (Å²) in [6.07, 6.45) is 5.92. The summed E-state index contributed by atoms with van der Waals surface area (Å²) in [7, 11) is 0. The Bertz CT molecular complexity index is 620. The number of allylic oxidation sites excluding steroid dienone is 1. The molecule has 0 spiro atoms. The third-order valence-corrected chi connectivity index (χ3v) is 4.94. The largest absolute Gasteiger partial charge is 0.461 e. The van der Waals surface area contributed by atoms with Crippen molar-refractivity contribution in [1.82, 2.24) is 0 Å². The van der Waals surface area contributed by atoms with Crippen LogP contribution in [0.25, 0.3) is 0 Å². The number of carbonyl (C=O) groups excluding carboxylic acids is 2. The zero-order chi connectivity index (χ0) is 19.3. The Hall–Kier alpha value is -2.14. The van der Waals surface area contributed by atoms with Gasteiger partial charge in [0.05, 0.1) is 5.60 Å². The van der Waals surface area contributed by atoms with Gasteiger partial charge in [0.25, 0.3) is 0 Å². The van der Waals surface area contributed by atoms with Gasteiger partial charge in [-0.2, -0.15) is 0 Å². The maximum atomic E-state index is 12.0. The first-order valence-electron chi connectivity index (χ1n) is 8.94. The first kappa shape index (κ1) is 20.2. The standard InChI is InChI=1S/C21H28O5/c1-6-8-9-17(22)24-13-14(3)10-11-16-15(4)20(23)25-18(16)19-21(5,26-19)12-7-2/h6-7,16,18-19H,1-4,8-13H2,5H3/t16-,18-,19+,21+/m0/s1. The third-order valence-electron chi connectivity index (χ3n) is 4.94. The minimum Gasteiger partial charge on any atom is -0.461 e. The van der Waals surface area contributed by atoms with E-state index in [1.54, 1.807) is 6.08 Å². The van der Waals surface area contributed by atoms with Crippen molar-refractivity contribution < 1.29 is 23.8 Å². The predicted octanol–water partition coefficient (Wildman–Crippen LogP) is 3.66. The molecule has 2 aliphatic rings. The molecule has 142 valence electrons. The minimum atomic E-state index is -0.363. The normalized spacial score (nSPS) is 29.8. The molecule has 0 N–H and O–H groups in total. The van der Waals surface area contributed by atoms with Gasteiger partial charge in [0.2, 0.25) is 0 Å². The highest BCUT2D eigenvalue weighted by Crippen LogP contribution is 2.48. The molecule has 0 aromatic carbocycles. The summed E-state index contributed by atoms with van der Waals surface area (Å²) in [4.78, 5) is 23.5. The molecule has 4 atom stereocenters.